The third-order valence-electron chi connectivity index (χ3n) is 2.85. The summed E-state index contributed by atoms with van der Waals surface area (Å²) < 4.78 is 1.01. The average Bonchev–Trinajstić information content (AvgIpc) is 2.46. The van der Waals surface area contributed by atoms with Crippen molar-refractivity contribution >= 4 is 33.4 Å². The van der Waals surface area contributed by atoms with E-state index >= 15 is 0 Å². The molecule has 1 N–H and O–H groups in total. The molecule has 0 fully saturated rings. The zero-order valence-electron chi connectivity index (χ0n) is 10.8. The SMILES string of the molecule is CCC(NC(=O)c1ccc(Cl)nn1)c1ccc(Br)cc1. The predicted molar refractivity (Wildman–Crippen MR) is 81.7 cm³/mol. The molecule has 0 radical (unpaired) electrons. The van der Waals surface area contributed by atoms with E-state index in [1.54, 1.807) is 12.1 Å². The smallest absolute Gasteiger partial charge is 0.272 e. The second-order valence-corrected chi connectivity index (χ2v) is 5.53. The largest absolute Gasteiger partial charge is 0.344 e. The van der Waals surface area contributed by atoms with E-state index in [0.717, 1.165) is 16.5 Å². The molecule has 20 heavy (non-hydrogen) atoms. The maximum Gasteiger partial charge on any atom is 0.272 e. The van der Waals surface area contributed by atoms with E-state index in [2.05, 4.69) is 31.4 Å². The Bertz CT molecular complexity index is 586. The van der Waals surface area contributed by atoms with Gasteiger partial charge in [-0.05, 0) is 36.2 Å². The molecule has 0 spiro atoms. The summed E-state index contributed by atoms with van der Waals surface area (Å²) in [7, 11) is 0. The van der Waals surface area contributed by atoms with E-state index in [4.69, 9.17) is 11.6 Å². The van der Waals surface area contributed by atoms with E-state index in [-0.39, 0.29) is 22.8 Å². The van der Waals surface area contributed by atoms with Crippen LogP contribution < -0.4 is 5.32 Å². The van der Waals surface area contributed by atoms with Crippen LogP contribution in [0, 0.1) is 0 Å². The van der Waals surface area contributed by atoms with Crippen molar-refractivity contribution in [2.45, 2.75) is 19.4 Å². The monoisotopic (exact) mass is 353 g/mol. The summed E-state index contributed by atoms with van der Waals surface area (Å²) >= 11 is 9.04. The van der Waals surface area contributed by atoms with Gasteiger partial charge in [-0.1, -0.05) is 46.6 Å². The van der Waals surface area contributed by atoms with Gasteiger partial charge >= 0.3 is 0 Å². The molecular weight excluding hydrogens is 342 g/mol. The van der Waals surface area contributed by atoms with Crippen molar-refractivity contribution in [2.75, 3.05) is 0 Å². The highest BCUT2D eigenvalue weighted by Crippen LogP contribution is 2.19. The first kappa shape index (κ1) is 14.9. The number of carbonyl (C=O) groups is 1. The number of halogens is 2. The molecule has 6 heteroatoms. The number of benzene rings is 1. The van der Waals surface area contributed by atoms with Crippen LogP contribution in [0.4, 0.5) is 0 Å². The molecule has 1 atom stereocenters. The molecule has 0 aliphatic rings. The molecule has 104 valence electrons. The minimum Gasteiger partial charge on any atom is -0.344 e. The van der Waals surface area contributed by atoms with E-state index in [0.29, 0.717) is 0 Å². The van der Waals surface area contributed by atoms with Crippen molar-refractivity contribution < 1.29 is 4.79 Å². The Morgan fingerprint density at radius 1 is 1.25 bits per heavy atom. The fourth-order valence-electron chi connectivity index (χ4n) is 1.79. The second kappa shape index (κ2) is 6.81. The summed E-state index contributed by atoms with van der Waals surface area (Å²) in [6.07, 6.45) is 0.786. The summed E-state index contributed by atoms with van der Waals surface area (Å²) in [5.74, 6) is -0.260. The molecule has 1 heterocycles. The molecule has 2 aromatic rings. The molecular formula is C14H13BrClN3O. The normalized spacial score (nSPS) is 11.9. The van der Waals surface area contributed by atoms with Gasteiger partial charge in [0.15, 0.2) is 10.8 Å². The molecule has 1 aromatic carbocycles. The molecule has 0 aliphatic carbocycles. The number of carbonyl (C=O) groups excluding carboxylic acids is 1. The Labute approximate surface area is 130 Å². The maximum atomic E-state index is 12.1. The van der Waals surface area contributed by atoms with Gasteiger partial charge in [0.1, 0.15) is 0 Å². The molecule has 4 nitrogen and oxygen atoms in total. The van der Waals surface area contributed by atoms with Gasteiger partial charge in [0.05, 0.1) is 6.04 Å². The zero-order valence-corrected chi connectivity index (χ0v) is 13.1. The fraction of sp³-hybridized carbons (Fsp3) is 0.214. The van der Waals surface area contributed by atoms with Crippen LogP contribution in [0.25, 0.3) is 0 Å². The van der Waals surface area contributed by atoms with Crippen LogP contribution in [0.15, 0.2) is 40.9 Å². The Hall–Kier alpha value is -1.46. The van der Waals surface area contributed by atoms with Gasteiger partial charge in [0.2, 0.25) is 0 Å². The molecule has 0 saturated heterocycles. The van der Waals surface area contributed by atoms with Crippen LogP contribution in [0.1, 0.15) is 35.4 Å². The highest BCUT2D eigenvalue weighted by molar-refractivity contribution is 9.10. The van der Waals surface area contributed by atoms with Crippen LogP contribution in [-0.4, -0.2) is 16.1 Å². The summed E-state index contributed by atoms with van der Waals surface area (Å²) in [4.78, 5) is 12.1. The van der Waals surface area contributed by atoms with Crippen molar-refractivity contribution in [1.29, 1.82) is 0 Å². The number of hydrogen-bond acceptors (Lipinski definition) is 3. The van der Waals surface area contributed by atoms with Crippen molar-refractivity contribution in [3.05, 3.63) is 57.3 Å². The van der Waals surface area contributed by atoms with Crippen molar-refractivity contribution in [1.82, 2.24) is 15.5 Å². The minimum atomic E-state index is -0.260. The average molecular weight is 355 g/mol. The van der Waals surface area contributed by atoms with Gasteiger partial charge < -0.3 is 5.32 Å². The van der Waals surface area contributed by atoms with E-state index in [1.807, 2.05) is 31.2 Å². The Kier molecular flexibility index (Phi) is 5.09. The van der Waals surface area contributed by atoms with Crippen LogP contribution >= 0.6 is 27.5 Å². The number of amides is 1. The van der Waals surface area contributed by atoms with E-state index < -0.39 is 0 Å². The Balaban J connectivity index is 2.11. The summed E-state index contributed by atoms with van der Waals surface area (Å²) in [6, 6.07) is 10.9. The van der Waals surface area contributed by atoms with E-state index in [9.17, 15) is 4.79 Å². The lowest BCUT2D eigenvalue weighted by atomic mass is 10.0. The minimum absolute atomic E-state index is 0.0620. The lowest BCUT2D eigenvalue weighted by Gasteiger charge is -2.17. The number of hydrogen-bond donors (Lipinski definition) is 1. The molecule has 1 aromatic heterocycles. The lowest BCUT2D eigenvalue weighted by Crippen LogP contribution is -2.29. The van der Waals surface area contributed by atoms with Gasteiger partial charge in [-0.25, -0.2) is 0 Å². The van der Waals surface area contributed by atoms with Crippen molar-refractivity contribution in [3.8, 4) is 0 Å². The first-order valence-corrected chi connectivity index (χ1v) is 7.33. The Morgan fingerprint density at radius 3 is 2.50 bits per heavy atom. The van der Waals surface area contributed by atoms with Crippen LogP contribution in [0.5, 0.6) is 0 Å². The molecule has 0 bridgehead atoms. The summed E-state index contributed by atoms with van der Waals surface area (Å²) in [6.45, 7) is 2.01. The third-order valence-corrected chi connectivity index (χ3v) is 3.58. The third kappa shape index (κ3) is 3.77. The van der Waals surface area contributed by atoms with Gasteiger partial charge in [-0.15, -0.1) is 10.2 Å². The molecule has 1 unspecified atom stereocenters. The van der Waals surface area contributed by atoms with Crippen molar-refractivity contribution in [2.24, 2.45) is 0 Å². The molecule has 1 amide bonds. The number of rotatable bonds is 4. The van der Waals surface area contributed by atoms with Crippen LogP contribution in [-0.2, 0) is 0 Å². The lowest BCUT2D eigenvalue weighted by molar-refractivity contribution is 0.0929. The van der Waals surface area contributed by atoms with Crippen molar-refractivity contribution in [3.63, 3.8) is 0 Å². The van der Waals surface area contributed by atoms with Gasteiger partial charge in [0.25, 0.3) is 5.91 Å². The zero-order chi connectivity index (χ0) is 14.5. The molecule has 0 saturated carbocycles. The fourth-order valence-corrected chi connectivity index (χ4v) is 2.15. The summed E-state index contributed by atoms with van der Waals surface area (Å²) in [5.41, 5.74) is 1.30. The molecule has 2 rings (SSSR count). The number of nitrogens with one attached hydrogen (secondary N) is 1. The number of aromatic nitrogens is 2. The van der Waals surface area contributed by atoms with E-state index in [1.165, 1.54) is 0 Å². The van der Waals surface area contributed by atoms with Crippen LogP contribution in [0.2, 0.25) is 5.15 Å². The second-order valence-electron chi connectivity index (χ2n) is 4.23. The highest BCUT2D eigenvalue weighted by Gasteiger charge is 2.15. The summed E-state index contributed by atoms with van der Waals surface area (Å²) in [5, 5.41) is 10.6. The topological polar surface area (TPSA) is 54.9 Å². The standard InChI is InChI=1S/C14H13BrClN3O/c1-2-11(9-3-5-10(15)6-4-9)17-14(20)12-7-8-13(16)19-18-12/h3-8,11H,2H2,1H3,(H,17,20). The first-order valence-electron chi connectivity index (χ1n) is 6.15. The van der Waals surface area contributed by atoms with Crippen LogP contribution in [0.3, 0.4) is 0 Å². The van der Waals surface area contributed by atoms with Gasteiger partial charge in [-0.2, -0.15) is 0 Å². The predicted octanol–water partition coefficient (Wildman–Crippen LogP) is 3.77. The van der Waals surface area contributed by atoms with Gasteiger partial charge in [-0.3, -0.25) is 4.79 Å². The maximum absolute atomic E-state index is 12.1. The Morgan fingerprint density at radius 2 is 1.95 bits per heavy atom. The highest BCUT2D eigenvalue weighted by atomic mass is 79.9. The number of nitrogens with zero attached hydrogens (tertiary/aromatic N) is 2. The quantitative estimate of drug-likeness (QED) is 0.909. The van der Waals surface area contributed by atoms with Gasteiger partial charge in [0, 0.05) is 4.47 Å². The first-order chi connectivity index (χ1) is 9.60. The molecule has 0 aliphatic heterocycles.